The third-order valence-electron chi connectivity index (χ3n) is 5.00. The van der Waals surface area contributed by atoms with Crippen molar-refractivity contribution < 1.29 is 9.47 Å². The van der Waals surface area contributed by atoms with Gasteiger partial charge in [0.15, 0.2) is 0 Å². The lowest BCUT2D eigenvalue weighted by Gasteiger charge is -2.44. The molecule has 1 saturated carbocycles. The molecule has 106 valence electrons. The third-order valence-corrected chi connectivity index (χ3v) is 5.00. The molecule has 0 spiro atoms. The molecule has 1 saturated heterocycles. The van der Waals surface area contributed by atoms with Gasteiger partial charge in [-0.25, -0.2) is 0 Å². The minimum Gasteiger partial charge on any atom is -0.381 e. The zero-order chi connectivity index (χ0) is 13.0. The van der Waals surface area contributed by atoms with Crippen molar-refractivity contribution in [2.45, 2.75) is 63.5 Å². The summed E-state index contributed by atoms with van der Waals surface area (Å²) < 4.78 is 11.3. The highest BCUT2D eigenvalue weighted by atomic mass is 16.5. The summed E-state index contributed by atoms with van der Waals surface area (Å²) in [7, 11) is 1.85. The van der Waals surface area contributed by atoms with Crippen LogP contribution in [-0.4, -0.2) is 32.0 Å². The summed E-state index contributed by atoms with van der Waals surface area (Å²) >= 11 is 0. The highest BCUT2D eigenvalue weighted by Crippen LogP contribution is 2.39. The number of ether oxygens (including phenoxy) is 2. The van der Waals surface area contributed by atoms with Crippen molar-refractivity contribution in [3.8, 4) is 0 Å². The van der Waals surface area contributed by atoms with E-state index in [4.69, 9.17) is 15.2 Å². The first-order chi connectivity index (χ1) is 8.66. The number of methoxy groups -OCH3 is 1. The summed E-state index contributed by atoms with van der Waals surface area (Å²) in [5, 5.41) is 0. The lowest BCUT2D eigenvalue weighted by molar-refractivity contribution is -0.0778. The van der Waals surface area contributed by atoms with Gasteiger partial charge in [-0.1, -0.05) is 19.8 Å². The van der Waals surface area contributed by atoms with Crippen LogP contribution < -0.4 is 5.73 Å². The van der Waals surface area contributed by atoms with Crippen LogP contribution >= 0.6 is 0 Å². The van der Waals surface area contributed by atoms with Gasteiger partial charge >= 0.3 is 0 Å². The molecule has 3 nitrogen and oxygen atoms in total. The van der Waals surface area contributed by atoms with E-state index in [0.29, 0.717) is 0 Å². The fourth-order valence-corrected chi connectivity index (χ4v) is 3.77. The van der Waals surface area contributed by atoms with Crippen LogP contribution in [0.3, 0.4) is 0 Å². The summed E-state index contributed by atoms with van der Waals surface area (Å²) in [6.07, 6.45) is 8.30. The first-order valence-corrected chi connectivity index (χ1v) is 7.55. The van der Waals surface area contributed by atoms with Crippen molar-refractivity contribution in [3.63, 3.8) is 0 Å². The average Bonchev–Trinajstić information content (AvgIpc) is 2.39. The van der Waals surface area contributed by atoms with Gasteiger partial charge in [0.25, 0.3) is 0 Å². The Morgan fingerprint density at radius 2 is 2.06 bits per heavy atom. The van der Waals surface area contributed by atoms with Crippen LogP contribution in [0.1, 0.15) is 51.9 Å². The largest absolute Gasteiger partial charge is 0.381 e. The van der Waals surface area contributed by atoms with E-state index in [1.54, 1.807) is 0 Å². The van der Waals surface area contributed by atoms with Crippen molar-refractivity contribution in [3.05, 3.63) is 0 Å². The van der Waals surface area contributed by atoms with Crippen LogP contribution in [0.5, 0.6) is 0 Å². The topological polar surface area (TPSA) is 44.5 Å². The summed E-state index contributed by atoms with van der Waals surface area (Å²) in [6.45, 7) is 4.15. The van der Waals surface area contributed by atoms with Gasteiger partial charge < -0.3 is 15.2 Å². The second-order valence-corrected chi connectivity index (χ2v) is 6.37. The molecule has 1 aliphatic heterocycles. The van der Waals surface area contributed by atoms with Gasteiger partial charge in [-0.3, -0.25) is 0 Å². The van der Waals surface area contributed by atoms with Gasteiger partial charge in [0, 0.05) is 26.4 Å². The maximum Gasteiger partial charge on any atom is 0.0831 e. The fourth-order valence-electron chi connectivity index (χ4n) is 3.77. The summed E-state index contributed by atoms with van der Waals surface area (Å²) in [6, 6.07) is 0.188. The Morgan fingerprint density at radius 3 is 2.67 bits per heavy atom. The monoisotopic (exact) mass is 255 g/mol. The van der Waals surface area contributed by atoms with E-state index in [9.17, 15) is 0 Å². The Bertz CT molecular complexity index is 253. The predicted octanol–water partition coefficient (Wildman–Crippen LogP) is 2.73. The smallest absolute Gasteiger partial charge is 0.0831 e. The van der Waals surface area contributed by atoms with E-state index in [0.717, 1.165) is 44.3 Å². The Balaban J connectivity index is 1.93. The Hall–Kier alpha value is -0.120. The van der Waals surface area contributed by atoms with Crippen molar-refractivity contribution in [2.24, 2.45) is 17.6 Å². The highest BCUT2D eigenvalue weighted by molar-refractivity contribution is 4.96. The maximum absolute atomic E-state index is 6.52. The molecule has 2 rings (SSSR count). The molecular weight excluding hydrogens is 226 g/mol. The first kappa shape index (κ1) is 14.3. The normalized spacial score (nSPS) is 36.5. The summed E-state index contributed by atoms with van der Waals surface area (Å²) in [4.78, 5) is 0. The Morgan fingerprint density at radius 1 is 1.33 bits per heavy atom. The molecular formula is C15H29NO2. The van der Waals surface area contributed by atoms with Crippen molar-refractivity contribution in [2.75, 3.05) is 20.3 Å². The minimum absolute atomic E-state index is 0.0596. The summed E-state index contributed by atoms with van der Waals surface area (Å²) in [5.41, 5.74) is 6.46. The molecule has 3 atom stereocenters. The molecule has 2 N–H and O–H groups in total. The molecule has 2 aliphatic rings. The average molecular weight is 255 g/mol. The predicted molar refractivity (Wildman–Crippen MR) is 73.5 cm³/mol. The van der Waals surface area contributed by atoms with E-state index >= 15 is 0 Å². The van der Waals surface area contributed by atoms with E-state index < -0.39 is 0 Å². The molecule has 0 bridgehead atoms. The number of hydrogen-bond donors (Lipinski definition) is 1. The minimum atomic E-state index is -0.0596. The standard InChI is InChI=1S/C15H29NO2/c1-12-4-3-7-15(11-12,17-2)14(16)10-13-5-8-18-9-6-13/h12-14H,3-11,16H2,1-2H3. The molecule has 1 aliphatic carbocycles. The van der Waals surface area contributed by atoms with Gasteiger partial charge in [-0.2, -0.15) is 0 Å². The molecule has 0 aromatic rings. The van der Waals surface area contributed by atoms with Crippen molar-refractivity contribution >= 4 is 0 Å². The van der Waals surface area contributed by atoms with Crippen molar-refractivity contribution in [1.29, 1.82) is 0 Å². The molecule has 0 radical (unpaired) electrons. The van der Waals surface area contributed by atoms with E-state index in [1.807, 2.05) is 7.11 Å². The zero-order valence-corrected chi connectivity index (χ0v) is 12.0. The first-order valence-electron chi connectivity index (χ1n) is 7.55. The maximum atomic E-state index is 6.52. The second kappa shape index (κ2) is 6.36. The molecule has 3 heteroatoms. The van der Waals surface area contributed by atoms with Crippen LogP contribution in [0.25, 0.3) is 0 Å². The molecule has 0 aromatic heterocycles. The molecule has 0 amide bonds. The lowest BCUT2D eigenvalue weighted by atomic mass is 9.72. The Labute approximate surface area is 111 Å². The zero-order valence-electron chi connectivity index (χ0n) is 12.0. The molecule has 0 aromatic carbocycles. The van der Waals surface area contributed by atoms with Gasteiger partial charge in [0.1, 0.15) is 0 Å². The van der Waals surface area contributed by atoms with Crippen LogP contribution in [0, 0.1) is 11.8 Å². The molecule has 1 heterocycles. The molecule has 2 fully saturated rings. The second-order valence-electron chi connectivity index (χ2n) is 6.37. The van der Waals surface area contributed by atoms with Crippen molar-refractivity contribution in [1.82, 2.24) is 0 Å². The molecule has 18 heavy (non-hydrogen) atoms. The van der Waals surface area contributed by atoms with Crippen LogP contribution in [0.2, 0.25) is 0 Å². The van der Waals surface area contributed by atoms with Gasteiger partial charge in [-0.15, -0.1) is 0 Å². The Kier molecular flexibility index (Phi) is 5.05. The lowest BCUT2D eigenvalue weighted by Crippen LogP contribution is -2.53. The summed E-state index contributed by atoms with van der Waals surface area (Å²) in [5.74, 6) is 1.48. The number of nitrogens with two attached hydrogens (primary N) is 1. The van der Waals surface area contributed by atoms with E-state index in [1.165, 1.54) is 25.7 Å². The van der Waals surface area contributed by atoms with Crippen LogP contribution in [-0.2, 0) is 9.47 Å². The van der Waals surface area contributed by atoms with E-state index in [-0.39, 0.29) is 11.6 Å². The number of hydrogen-bond acceptors (Lipinski definition) is 3. The van der Waals surface area contributed by atoms with Crippen LogP contribution in [0.15, 0.2) is 0 Å². The quantitative estimate of drug-likeness (QED) is 0.840. The number of rotatable bonds is 4. The fraction of sp³-hybridized carbons (Fsp3) is 1.00. The highest BCUT2D eigenvalue weighted by Gasteiger charge is 2.41. The van der Waals surface area contributed by atoms with Gasteiger partial charge in [0.05, 0.1) is 5.60 Å². The van der Waals surface area contributed by atoms with Gasteiger partial charge in [0.2, 0.25) is 0 Å². The van der Waals surface area contributed by atoms with Gasteiger partial charge in [-0.05, 0) is 43.9 Å². The van der Waals surface area contributed by atoms with Crippen LogP contribution in [0.4, 0.5) is 0 Å². The SMILES string of the molecule is COC1(C(N)CC2CCOCC2)CCCC(C)C1. The van der Waals surface area contributed by atoms with E-state index in [2.05, 4.69) is 6.92 Å². The molecule has 3 unspecified atom stereocenters. The third kappa shape index (κ3) is 3.25.